The summed E-state index contributed by atoms with van der Waals surface area (Å²) >= 11 is 6.13. The Morgan fingerprint density at radius 2 is 1.89 bits per heavy atom. The number of halogens is 1. The number of carbonyl (C=O) groups is 1. The second kappa shape index (κ2) is 6.25. The number of benzene rings is 2. The highest BCUT2D eigenvalue weighted by Crippen LogP contribution is 2.30. The van der Waals surface area contributed by atoms with Gasteiger partial charge in [0.2, 0.25) is 0 Å². The van der Waals surface area contributed by atoms with Crippen molar-refractivity contribution in [3.63, 3.8) is 0 Å². The van der Waals surface area contributed by atoms with Gasteiger partial charge in [0.25, 0.3) is 0 Å². The fraction of sp³-hybridized carbons (Fsp3) is 0.133. The molecule has 0 spiro atoms. The van der Waals surface area contributed by atoms with Crippen LogP contribution in [0.5, 0.6) is 11.5 Å². The van der Waals surface area contributed by atoms with Gasteiger partial charge in [0, 0.05) is 6.92 Å². The molecule has 0 aliphatic carbocycles. The van der Waals surface area contributed by atoms with E-state index in [0.717, 1.165) is 11.3 Å². The Labute approximate surface area is 116 Å². The van der Waals surface area contributed by atoms with Crippen molar-refractivity contribution < 1.29 is 14.3 Å². The first kappa shape index (κ1) is 13.4. The molecule has 0 atom stereocenters. The van der Waals surface area contributed by atoms with E-state index in [2.05, 4.69) is 0 Å². The summed E-state index contributed by atoms with van der Waals surface area (Å²) in [7, 11) is 0. The van der Waals surface area contributed by atoms with Gasteiger partial charge in [-0.05, 0) is 29.8 Å². The number of hydrogen-bond acceptors (Lipinski definition) is 3. The summed E-state index contributed by atoms with van der Waals surface area (Å²) in [6.07, 6.45) is 0. The molecule has 2 aromatic rings. The molecule has 0 unspecified atom stereocenters. The molecule has 0 aliphatic heterocycles. The number of rotatable bonds is 4. The molecule has 4 heteroatoms. The summed E-state index contributed by atoms with van der Waals surface area (Å²) in [6.45, 7) is 1.58. The molecule has 19 heavy (non-hydrogen) atoms. The van der Waals surface area contributed by atoms with E-state index in [1.807, 2.05) is 36.4 Å². The lowest BCUT2D eigenvalue weighted by Crippen LogP contribution is -1.98. The first-order valence-corrected chi connectivity index (χ1v) is 6.17. The first-order valence-electron chi connectivity index (χ1n) is 5.80. The van der Waals surface area contributed by atoms with E-state index in [4.69, 9.17) is 21.1 Å². The summed E-state index contributed by atoms with van der Waals surface area (Å²) in [6, 6.07) is 14.7. The topological polar surface area (TPSA) is 35.5 Å². The van der Waals surface area contributed by atoms with Gasteiger partial charge in [-0.25, -0.2) is 0 Å². The predicted octanol–water partition coefficient (Wildman–Crippen LogP) is 4.20. The first-order chi connectivity index (χ1) is 9.15. The number of para-hydroxylation sites is 1. The summed E-state index contributed by atoms with van der Waals surface area (Å²) in [5, 5.41) is 0.480. The van der Waals surface area contributed by atoms with E-state index in [0.29, 0.717) is 10.8 Å². The fourth-order valence-corrected chi connectivity index (χ4v) is 1.76. The minimum absolute atomic E-state index is 0.209. The number of ether oxygens (including phenoxy) is 2. The number of hydrogen-bond donors (Lipinski definition) is 0. The highest BCUT2D eigenvalue weighted by atomic mass is 35.5. The molecule has 98 valence electrons. The quantitative estimate of drug-likeness (QED) is 0.785. The third-order valence-electron chi connectivity index (χ3n) is 2.41. The average Bonchev–Trinajstić information content (AvgIpc) is 2.40. The molecule has 2 rings (SSSR count). The van der Waals surface area contributed by atoms with Gasteiger partial charge in [-0.1, -0.05) is 35.9 Å². The van der Waals surface area contributed by atoms with Crippen LogP contribution in [0.25, 0.3) is 0 Å². The lowest BCUT2D eigenvalue weighted by atomic mass is 10.2. The van der Waals surface area contributed by atoms with E-state index in [1.54, 1.807) is 12.1 Å². The molecule has 0 aromatic heterocycles. The van der Waals surface area contributed by atoms with E-state index >= 15 is 0 Å². The van der Waals surface area contributed by atoms with Crippen molar-refractivity contribution in [3.05, 3.63) is 59.1 Å². The van der Waals surface area contributed by atoms with Crippen LogP contribution in [0.4, 0.5) is 0 Å². The molecule has 0 bridgehead atoms. The molecule has 0 fully saturated rings. The zero-order valence-corrected chi connectivity index (χ0v) is 11.2. The van der Waals surface area contributed by atoms with Crippen LogP contribution < -0.4 is 4.74 Å². The van der Waals surface area contributed by atoms with Crippen LogP contribution in [0.1, 0.15) is 12.5 Å². The van der Waals surface area contributed by atoms with E-state index < -0.39 is 0 Å². The Bertz CT molecular complexity index is 567. The van der Waals surface area contributed by atoms with Gasteiger partial charge < -0.3 is 9.47 Å². The molecule has 2 aromatic carbocycles. The Morgan fingerprint density at radius 3 is 2.53 bits per heavy atom. The minimum Gasteiger partial charge on any atom is -0.461 e. The monoisotopic (exact) mass is 276 g/mol. The number of carbonyl (C=O) groups excluding carboxylic acids is 1. The predicted molar refractivity (Wildman–Crippen MR) is 73.4 cm³/mol. The van der Waals surface area contributed by atoms with Crippen molar-refractivity contribution in [1.29, 1.82) is 0 Å². The van der Waals surface area contributed by atoms with Crippen LogP contribution in [0.15, 0.2) is 48.5 Å². The second-order valence-electron chi connectivity index (χ2n) is 3.96. The van der Waals surface area contributed by atoms with Gasteiger partial charge in [-0.3, -0.25) is 4.79 Å². The molecule has 0 saturated carbocycles. The van der Waals surface area contributed by atoms with Crippen LogP contribution in [0.2, 0.25) is 5.02 Å². The summed E-state index contributed by atoms with van der Waals surface area (Å²) in [4.78, 5) is 10.7. The highest BCUT2D eigenvalue weighted by Gasteiger charge is 2.05. The standard InChI is InChI=1S/C15H13ClO3/c1-11(17)18-10-12-7-8-15(14(16)9-12)19-13-5-3-2-4-6-13/h2-9H,10H2,1H3. The molecule has 0 radical (unpaired) electrons. The van der Waals surface area contributed by atoms with E-state index in [-0.39, 0.29) is 12.6 Å². The highest BCUT2D eigenvalue weighted by molar-refractivity contribution is 6.32. The van der Waals surface area contributed by atoms with Crippen LogP contribution in [0, 0.1) is 0 Å². The Balaban J connectivity index is 2.09. The minimum atomic E-state index is -0.319. The second-order valence-corrected chi connectivity index (χ2v) is 4.37. The molecule has 3 nitrogen and oxygen atoms in total. The summed E-state index contributed by atoms with van der Waals surface area (Å²) in [5.74, 6) is 0.970. The van der Waals surface area contributed by atoms with Crippen LogP contribution in [-0.2, 0) is 16.1 Å². The Morgan fingerprint density at radius 1 is 1.16 bits per heavy atom. The van der Waals surface area contributed by atoms with Crippen LogP contribution >= 0.6 is 11.6 Å². The van der Waals surface area contributed by atoms with Gasteiger partial charge in [0.15, 0.2) is 0 Å². The van der Waals surface area contributed by atoms with Gasteiger partial charge >= 0.3 is 5.97 Å². The van der Waals surface area contributed by atoms with Gasteiger partial charge in [-0.15, -0.1) is 0 Å². The van der Waals surface area contributed by atoms with Gasteiger partial charge in [0.1, 0.15) is 18.1 Å². The molecule has 0 N–H and O–H groups in total. The lowest BCUT2D eigenvalue weighted by Gasteiger charge is -2.09. The normalized spacial score (nSPS) is 10.0. The molecule has 0 amide bonds. The fourth-order valence-electron chi connectivity index (χ4n) is 1.52. The molecule has 0 saturated heterocycles. The van der Waals surface area contributed by atoms with E-state index in [1.165, 1.54) is 6.92 Å². The Hall–Kier alpha value is -2.00. The van der Waals surface area contributed by atoms with Crippen molar-refractivity contribution in [2.45, 2.75) is 13.5 Å². The van der Waals surface area contributed by atoms with Gasteiger partial charge in [-0.2, -0.15) is 0 Å². The maximum Gasteiger partial charge on any atom is 0.302 e. The molecule has 0 aliphatic rings. The maximum atomic E-state index is 10.7. The third-order valence-corrected chi connectivity index (χ3v) is 2.70. The van der Waals surface area contributed by atoms with Crippen molar-refractivity contribution in [2.24, 2.45) is 0 Å². The molecule has 0 heterocycles. The van der Waals surface area contributed by atoms with Crippen molar-refractivity contribution >= 4 is 17.6 Å². The molecular formula is C15H13ClO3. The van der Waals surface area contributed by atoms with Crippen LogP contribution in [-0.4, -0.2) is 5.97 Å². The lowest BCUT2D eigenvalue weighted by molar-refractivity contribution is -0.142. The summed E-state index contributed by atoms with van der Waals surface area (Å²) < 4.78 is 10.6. The largest absolute Gasteiger partial charge is 0.461 e. The van der Waals surface area contributed by atoms with Crippen LogP contribution in [0.3, 0.4) is 0 Å². The number of esters is 1. The van der Waals surface area contributed by atoms with Gasteiger partial charge in [0.05, 0.1) is 5.02 Å². The van der Waals surface area contributed by atoms with E-state index in [9.17, 15) is 4.79 Å². The average molecular weight is 277 g/mol. The SMILES string of the molecule is CC(=O)OCc1ccc(Oc2ccccc2)c(Cl)c1. The zero-order chi connectivity index (χ0) is 13.7. The Kier molecular flexibility index (Phi) is 4.42. The molecular weight excluding hydrogens is 264 g/mol. The third kappa shape index (κ3) is 4.00. The smallest absolute Gasteiger partial charge is 0.302 e. The maximum absolute atomic E-state index is 10.7. The summed E-state index contributed by atoms with van der Waals surface area (Å²) in [5.41, 5.74) is 0.820. The van der Waals surface area contributed by atoms with Crippen molar-refractivity contribution in [1.82, 2.24) is 0 Å². The van der Waals surface area contributed by atoms with Crippen molar-refractivity contribution in [3.8, 4) is 11.5 Å². The zero-order valence-electron chi connectivity index (χ0n) is 10.4. The van der Waals surface area contributed by atoms with Crippen molar-refractivity contribution in [2.75, 3.05) is 0 Å².